The molecular formula is C45H30N2Na4O21S4. The third kappa shape index (κ3) is 15.3. The average molecular weight is 1150 g/mol. The average Bonchev–Trinajstić information content (AvgIpc) is 3.27. The van der Waals surface area contributed by atoms with E-state index in [1.54, 1.807) is 30.3 Å². The Morgan fingerprint density at radius 2 is 0.750 bits per heavy atom. The molecule has 23 nitrogen and oxygen atoms in total. The van der Waals surface area contributed by atoms with Gasteiger partial charge in [0.15, 0.2) is 5.43 Å². The summed E-state index contributed by atoms with van der Waals surface area (Å²) in [5.41, 5.74) is 2.67. The second-order valence-corrected chi connectivity index (χ2v) is 18.7. The zero-order valence-electron chi connectivity index (χ0n) is 39.6. The van der Waals surface area contributed by atoms with Crippen LogP contribution in [0, 0.1) is 0 Å². The van der Waals surface area contributed by atoms with Crippen molar-refractivity contribution in [2.24, 2.45) is 0 Å². The minimum atomic E-state index is -5.17. The van der Waals surface area contributed by atoms with Crippen molar-refractivity contribution in [1.82, 2.24) is 4.98 Å². The van der Waals surface area contributed by atoms with Crippen molar-refractivity contribution in [2.45, 2.75) is 0 Å². The summed E-state index contributed by atoms with van der Waals surface area (Å²) in [5, 5.41) is 59.4. The summed E-state index contributed by atoms with van der Waals surface area (Å²) in [6.45, 7) is 0. The number of hydrogen-bond acceptors (Lipinski definition) is 18. The van der Waals surface area contributed by atoms with Gasteiger partial charge in [0.1, 0.15) is 23.0 Å². The maximum absolute atomic E-state index is 14.3. The number of aromatic nitrogens is 1. The molecule has 0 atom stereocenters. The van der Waals surface area contributed by atoms with Gasteiger partial charge in [-0.1, -0.05) is 84.9 Å². The number of nitrogens with one attached hydrogen (secondary N) is 2. The predicted molar refractivity (Wildman–Crippen MR) is 261 cm³/mol. The van der Waals surface area contributed by atoms with Gasteiger partial charge in [-0.05, 0) is 52.6 Å². The first-order valence-electron chi connectivity index (χ1n) is 19.7. The number of fused-ring (bicyclic) bond motifs is 9. The van der Waals surface area contributed by atoms with E-state index in [4.69, 9.17) is 70.1 Å². The number of H-pyrrole nitrogens is 1. The zero-order chi connectivity index (χ0) is 53.0. The molecule has 0 unspecified atom stereocenters. The summed E-state index contributed by atoms with van der Waals surface area (Å²) in [7, 11) is -19.7. The van der Waals surface area contributed by atoms with Crippen LogP contribution in [0.2, 0.25) is 0 Å². The Kier molecular flexibility index (Phi) is 22.4. The molecular weight excluding hydrogens is 1120 g/mol. The molecule has 11 rings (SSSR count). The molecule has 10 N–H and O–H groups in total. The number of phenolic OH excluding ortho intramolecular Hbond substituents is 4. The molecule has 0 radical (unpaired) electrons. The molecule has 374 valence electrons. The van der Waals surface area contributed by atoms with Crippen molar-refractivity contribution in [3.63, 3.8) is 0 Å². The second-order valence-electron chi connectivity index (χ2n) is 15.2. The van der Waals surface area contributed by atoms with Crippen molar-refractivity contribution in [2.75, 3.05) is 5.32 Å². The predicted octanol–water partition coefficient (Wildman–Crippen LogP) is -5.21. The van der Waals surface area contributed by atoms with Gasteiger partial charge in [0.2, 0.25) is 0 Å². The summed E-state index contributed by atoms with van der Waals surface area (Å²) in [5.74, 6) is 0.374. The summed E-state index contributed by atoms with van der Waals surface area (Å²) in [6, 6.07) is 37.3. The van der Waals surface area contributed by atoms with Gasteiger partial charge in [-0.25, -0.2) is 0 Å². The normalized spacial score (nSPS) is 11.4. The summed E-state index contributed by atoms with van der Waals surface area (Å²) < 4.78 is 131. The zero-order valence-corrected chi connectivity index (χ0v) is 50.8. The van der Waals surface area contributed by atoms with Crippen molar-refractivity contribution in [1.29, 1.82) is 0 Å². The third-order valence-electron chi connectivity index (χ3n) is 10.9. The molecule has 0 aliphatic heterocycles. The molecule has 11 aromatic rings. The topological polar surface area (TPSA) is 436 Å². The number of aromatic hydroxyl groups is 4. The van der Waals surface area contributed by atoms with Gasteiger partial charge in [0, 0.05) is 91.3 Å². The van der Waals surface area contributed by atoms with Crippen molar-refractivity contribution in [3.8, 4) is 23.0 Å². The molecule has 76 heavy (non-hydrogen) atoms. The number of rotatable bonds is 2. The van der Waals surface area contributed by atoms with E-state index in [1.807, 2.05) is 91.0 Å². The van der Waals surface area contributed by atoms with E-state index in [1.165, 1.54) is 0 Å². The number of phenols is 4. The first kappa shape index (κ1) is 66.5. The van der Waals surface area contributed by atoms with E-state index in [9.17, 15) is 25.2 Å². The molecule has 0 aliphatic carbocycles. The first-order chi connectivity index (χ1) is 33.4. The fourth-order valence-corrected chi connectivity index (χ4v) is 8.58. The van der Waals surface area contributed by atoms with Gasteiger partial charge in [-0.15, -0.1) is 0 Å². The third-order valence-corrected chi connectivity index (χ3v) is 10.9. The van der Waals surface area contributed by atoms with Crippen LogP contribution in [0.5, 0.6) is 23.0 Å². The fraction of sp³-hybridized carbons (Fsp3) is 0. The molecule has 0 aliphatic rings. The maximum atomic E-state index is 14.3. The Morgan fingerprint density at radius 1 is 0.382 bits per heavy atom. The first-order valence-corrected chi connectivity index (χ1v) is 25.2. The van der Waals surface area contributed by atoms with Crippen LogP contribution in [0.3, 0.4) is 0 Å². The number of aromatic amines is 1. The second kappa shape index (κ2) is 25.6. The Balaban J connectivity index is 0.000000548. The number of benzene rings is 10. The van der Waals surface area contributed by atoms with Crippen LogP contribution in [0.25, 0.3) is 97.2 Å². The van der Waals surface area contributed by atoms with Crippen molar-refractivity contribution >= 4 is 150 Å². The maximum Gasteiger partial charge on any atom is 1.00 e. The molecule has 0 saturated heterocycles. The molecule has 0 spiro atoms. The Morgan fingerprint density at radius 3 is 1.25 bits per heavy atom. The van der Waals surface area contributed by atoms with Gasteiger partial charge in [0.05, 0.1) is 22.0 Å². The van der Waals surface area contributed by atoms with E-state index in [2.05, 4.69) is 10.3 Å². The molecule has 1 aromatic heterocycles. The molecule has 0 fully saturated rings. The van der Waals surface area contributed by atoms with Gasteiger partial charge in [-0.3, -0.25) is 39.8 Å². The minimum Gasteiger partial charge on any atom is -0.759 e. The van der Waals surface area contributed by atoms with E-state index >= 15 is 0 Å². The molecule has 0 amide bonds. The van der Waals surface area contributed by atoms with Crippen LogP contribution in [0.1, 0.15) is 0 Å². The summed E-state index contributed by atoms with van der Waals surface area (Å²) in [6.07, 6.45) is 0. The Labute approximate surface area is 517 Å². The standard InChI is InChI=1S/C45H26N2O5.4Na.4H2O4S/c48-41-26-6-1-3-8-28(26)44(51)38-30(41)10-5-11-34(38)46-21-12-13-22-23-18-19-35-37-24(14-16-31(36(23)37)43(50)33(22)20-21)25-15-17-32-39(40(25)47-35)45(52)29-9-4-2-7-27(29)42(32)49;;;;;4*1-5(2,3)4/h1-20,46-49,51-52H;;;;;4*(H2,1,2,3,4)/q;4*+1;;;;/p-4. The van der Waals surface area contributed by atoms with Gasteiger partial charge in [0.25, 0.3) is 0 Å². The SMILES string of the molecule is O=S(=O)(O)O.O=S(=O)(O)O.O=S(=O)([O-])[O-].O=S(=O)([O-])[O-].O=c1c2cc(Nc3cccc4c(O)c5ccccc5c(O)c34)ccc2c2ccc3[nH]c4c(ccc5c(O)c6ccccc6c(O)c54)c4ccc1c2c34.[Na+].[Na+].[Na+].[Na+]. The van der Waals surface area contributed by atoms with Crippen LogP contribution in [-0.4, -0.2) is 95.5 Å². The van der Waals surface area contributed by atoms with E-state index < -0.39 is 41.6 Å². The van der Waals surface area contributed by atoms with Crippen LogP contribution in [-0.2, 0) is 41.6 Å². The largest absolute Gasteiger partial charge is 1.00 e. The smallest absolute Gasteiger partial charge is 0.759 e. The van der Waals surface area contributed by atoms with E-state index in [0.29, 0.717) is 70.8 Å². The van der Waals surface area contributed by atoms with E-state index in [-0.39, 0.29) is 147 Å². The van der Waals surface area contributed by atoms with Crippen LogP contribution in [0.15, 0.2) is 126 Å². The van der Waals surface area contributed by atoms with Crippen LogP contribution < -0.4 is 129 Å². The quantitative estimate of drug-likeness (QED) is 0.0193. The Hall–Kier alpha value is -3.77. The number of hydrogen-bond donors (Lipinski definition) is 10. The van der Waals surface area contributed by atoms with Gasteiger partial charge < -0.3 is 48.9 Å². The van der Waals surface area contributed by atoms with Crippen molar-refractivity contribution < 1.29 is 209 Å². The minimum absolute atomic E-state index is 0. The molecule has 31 heteroatoms. The summed E-state index contributed by atoms with van der Waals surface area (Å²) in [4.78, 5) is 17.9. The molecule has 1 heterocycles. The molecule has 10 aromatic carbocycles. The number of pyridine rings is 1. The Bertz CT molecular complexity index is 4420. The molecule has 0 bridgehead atoms. The van der Waals surface area contributed by atoms with Crippen LogP contribution >= 0.6 is 0 Å². The monoisotopic (exact) mass is 1150 g/mol. The summed E-state index contributed by atoms with van der Waals surface area (Å²) >= 11 is 0. The molecule has 0 saturated carbocycles. The van der Waals surface area contributed by atoms with Gasteiger partial charge in [-0.2, -0.15) is 16.8 Å². The van der Waals surface area contributed by atoms with Crippen molar-refractivity contribution in [3.05, 3.63) is 132 Å². The fourth-order valence-electron chi connectivity index (χ4n) is 8.58. The number of anilines is 2. The van der Waals surface area contributed by atoms with Gasteiger partial charge >= 0.3 is 139 Å². The van der Waals surface area contributed by atoms with E-state index in [0.717, 1.165) is 37.8 Å². The van der Waals surface area contributed by atoms with Crippen LogP contribution in [0.4, 0.5) is 11.4 Å².